The fraction of sp³-hybridized carbons (Fsp3) is 0.588. The Hall–Kier alpha value is -1.49. The van der Waals surface area contributed by atoms with Gasteiger partial charge in [-0.1, -0.05) is 12.5 Å². The maximum Gasteiger partial charge on any atom is 0.166 e. The van der Waals surface area contributed by atoms with Crippen molar-refractivity contribution in [3.8, 4) is 11.5 Å². The molecule has 0 saturated heterocycles. The van der Waals surface area contributed by atoms with Crippen LogP contribution in [0.1, 0.15) is 31.2 Å². The summed E-state index contributed by atoms with van der Waals surface area (Å²) in [7, 11) is 3.29. The van der Waals surface area contributed by atoms with Crippen LogP contribution in [0.2, 0.25) is 0 Å². The fourth-order valence-electron chi connectivity index (χ4n) is 3.81. The molecule has 0 heterocycles. The van der Waals surface area contributed by atoms with Crippen molar-refractivity contribution in [2.45, 2.75) is 38.3 Å². The number of ether oxygens (including phenoxy) is 2. The predicted molar refractivity (Wildman–Crippen MR) is 91.4 cm³/mol. The number of hydrogen-bond donors (Lipinski definition) is 2. The van der Waals surface area contributed by atoms with Gasteiger partial charge in [-0.3, -0.25) is 0 Å². The molecule has 3 atom stereocenters. The Morgan fingerprint density at radius 2 is 2.00 bits per heavy atom. The molecule has 2 saturated carbocycles. The molecular weight excluding hydrogens is 296 g/mol. The van der Waals surface area contributed by atoms with E-state index in [4.69, 9.17) is 21.7 Å². The normalized spacial score (nSPS) is 25.8. The molecule has 0 spiro atoms. The minimum absolute atomic E-state index is 0.573. The largest absolute Gasteiger partial charge is 0.493 e. The van der Waals surface area contributed by atoms with Gasteiger partial charge in [0.05, 0.1) is 14.2 Å². The number of benzene rings is 1. The Kier molecular flexibility index (Phi) is 4.71. The third-order valence-corrected chi connectivity index (χ3v) is 5.22. The van der Waals surface area contributed by atoms with E-state index < -0.39 is 0 Å². The van der Waals surface area contributed by atoms with Crippen molar-refractivity contribution in [2.75, 3.05) is 14.2 Å². The summed E-state index contributed by atoms with van der Waals surface area (Å²) in [6.07, 6.45) is 5.44. The van der Waals surface area contributed by atoms with Crippen molar-refractivity contribution in [1.82, 2.24) is 10.6 Å². The van der Waals surface area contributed by atoms with Gasteiger partial charge in [0, 0.05) is 12.6 Å². The second kappa shape index (κ2) is 6.73. The molecule has 0 aliphatic heterocycles. The van der Waals surface area contributed by atoms with Crippen LogP contribution < -0.4 is 20.1 Å². The van der Waals surface area contributed by atoms with E-state index in [-0.39, 0.29) is 0 Å². The fourth-order valence-corrected chi connectivity index (χ4v) is 4.04. The molecule has 2 aliphatic rings. The summed E-state index contributed by atoms with van der Waals surface area (Å²) in [4.78, 5) is 0. The lowest BCUT2D eigenvalue weighted by molar-refractivity contribution is 0.354. The van der Waals surface area contributed by atoms with Crippen LogP contribution in [0.15, 0.2) is 18.2 Å². The van der Waals surface area contributed by atoms with Gasteiger partial charge in [-0.25, -0.2) is 0 Å². The van der Waals surface area contributed by atoms with Gasteiger partial charge in [0.15, 0.2) is 16.6 Å². The average molecular weight is 320 g/mol. The van der Waals surface area contributed by atoms with Gasteiger partial charge in [0.2, 0.25) is 0 Å². The monoisotopic (exact) mass is 320 g/mol. The molecular formula is C17H24N2O2S. The summed E-state index contributed by atoms with van der Waals surface area (Å²) in [6, 6.07) is 6.49. The number of thiocarbonyl (C=S) groups is 1. The first-order chi connectivity index (χ1) is 10.7. The van der Waals surface area contributed by atoms with Crippen molar-refractivity contribution < 1.29 is 9.47 Å². The smallest absolute Gasteiger partial charge is 0.166 e. The zero-order valence-electron chi connectivity index (χ0n) is 13.2. The molecule has 5 heteroatoms. The van der Waals surface area contributed by atoms with Crippen LogP contribution in [-0.2, 0) is 6.54 Å². The molecule has 0 unspecified atom stereocenters. The lowest BCUT2D eigenvalue weighted by Gasteiger charge is -2.24. The predicted octanol–water partition coefficient (Wildman–Crippen LogP) is 2.86. The van der Waals surface area contributed by atoms with Crippen molar-refractivity contribution >= 4 is 17.3 Å². The van der Waals surface area contributed by atoms with Crippen LogP contribution in [0.5, 0.6) is 11.5 Å². The highest BCUT2D eigenvalue weighted by molar-refractivity contribution is 7.80. The summed E-state index contributed by atoms with van der Waals surface area (Å²) in [5.74, 6) is 3.24. The molecule has 0 aromatic heterocycles. The highest BCUT2D eigenvalue weighted by Crippen LogP contribution is 2.44. The van der Waals surface area contributed by atoms with Crippen molar-refractivity contribution in [3.05, 3.63) is 23.8 Å². The first-order valence-corrected chi connectivity index (χ1v) is 8.35. The molecule has 0 amide bonds. The number of fused-ring (bicyclic) bond motifs is 2. The van der Waals surface area contributed by atoms with Gasteiger partial charge in [-0.2, -0.15) is 0 Å². The molecule has 120 valence electrons. The van der Waals surface area contributed by atoms with E-state index in [9.17, 15) is 0 Å². The SMILES string of the molecule is COc1ccc(CNC(=S)N[C@@H]2C[C@H]3CC[C@H]2C3)cc1OC. The van der Waals surface area contributed by atoms with E-state index in [1.54, 1.807) is 14.2 Å². The minimum Gasteiger partial charge on any atom is -0.493 e. The van der Waals surface area contributed by atoms with Crippen molar-refractivity contribution in [1.29, 1.82) is 0 Å². The zero-order chi connectivity index (χ0) is 15.5. The van der Waals surface area contributed by atoms with Crippen molar-refractivity contribution in [2.24, 2.45) is 11.8 Å². The summed E-state index contributed by atoms with van der Waals surface area (Å²) >= 11 is 5.44. The Labute approximate surface area is 137 Å². The average Bonchev–Trinajstić information content (AvgIpc) is 3.15. The quantitative estimate of drug-likeness (QED) is 0.817. The third kappa shape index (κ3) is 3.29. The molecule has 1 aromatic rings. The molecule has 2 bridgehead atoms. The third-order valence-electron chi connectivity index (χ3n) is 4.96. The van der Waals surface area contributed by atoms with E-state index in [0.29, 0.717) is 12.6 Å². The molecule has 3 rings (SSSR count). The van der Waals surface area contributed by atoms with E-state index in [0.717, 1.165) is 34.0 Å². The van der Waals surface area contributed by atoms with Crippen LogP contribution in [0.25, 0.3) is 0 Å². The second-order valence-electron chi connectivity index (χ2n) is 6.30. The van der Waals surface area contributed by atoms with Crippen LogP contribution in [0.4, 0.5) is 0 Å². The summed E-state index contributed by atoms with van der Waals surface area (Å²) < 4.78 is 10.6. The molecule has 0 radical (unpaired) electrons. The lowest BCUT2D eigenvalue weighted by Crippen LogP contribution is -2.43. The highest BCUT2D eigenvalue weighted by Gasteiger charge is 2.39. The second-order valence-corrected chi connectivity index (χ2v) is 6.71. The van der Waals surface area contributed by atoms with Gasteiger partial charge < -0.3 is 20.1 Å². The Bertz CT molecular complexity index is 549. The number of hydrogen-bond acceptors (Lipinski definition) is 3. The standard InChI is InChI=1S/C17H24N2O2S/c1-20-15-6-4-12(9-16(15)21-2)10-18-17(22)19-14-8-11-3-5-13(14)7-11/h4,6,9,11,13-14H,3,5,7-8,10H2,1-2H3,(H2,18,19,22)/t11-,13-,14+/m0/s1. The first kappa shape index (κ1) is 15.4. The highest BCUT2D eigenvalue weighted by atomic mass is 32.1. The van der Waals surface area contributed by atoms with Crippen LogP contribution in [0.3, 0.4) is 0 Å². The number of nitrogens with one attached hydrogen (secondary N) is 2. The molecule has 2 N–H and O–H groups in total. The summed E-state index contributed by atoms with van der Waals surface area (Å²) in [5.41, 5.74) is 1.12. The molecule has 4 nitrogen and oxygen atoms in total. The number of rotatable bonds is 5. The van der Waals surface area contributed by atoms with E-state index >= 15 is 0 Å². The van der Waals surface area contributed by atoms with Crippen molar-refractivity contribution in [3.63, 3.8) is 0 Å². The van der Waals surface area contributed by atoms with Gasteiger partial charge >= 0.3 is 0 Å². The maximum absolute atomic E-state index is 5.44. The van der Waals surface area contributed by atoms with Gasteiger partial charge in [-0.05, 0) is 61.0 Å². The summed E-state index contributed by atoms with van der Waals surface area (Å²) in [6.45, 7) is 0.688. The van der Waals surface area contributed by atoms with Gasteiger partial charge in [0.1, 0.15) is 0 Å². The van der Waals surface area contributed by atoms with E-state index in [1.807, 2.05) is 18.2 Å². The maximum atomic E-state index is 5.44. The number of methoxy groups -OCH3 is 2. The van der Waals surface area contributed by atoms with E-state index in [1.165, 1.54) is 25.7 Å². The van der Waals surface area contributed by atoms with Crippen LogP contribution in [-0.4, -0.2) is 25.4 Å². The molecule has 22 heavy (non-hydrogen) atoms. The molecule has 2 aliphatic carbocycles. The van der Waals surface area contributed by atoms with Crippen LogP contribution >= 0.6 is 12.2 Å². The van der Waals surface area contributed by atoms with Gasteiger partial charge in [-0.15, -0.1) is 0 Å². The zero-order valence-corrected chi connectivity index (χ0v) is 14.0. The van der Waals surface area contributed by atoms with Gasteiger partial charge in [0.25, 0.3) is 0 Å². The first-order valence-electron chi connectivity index (χ1n) is 7.95. The molecule has 1 aromatic carbocycles. The summed E-state index contributed by atoms with van der Waals surface area (Å²) in [5, 5.41) is 7.55. The van der Waals surface area contributed by atoms with Crippen LogP contribution in [0, 0.1) is 11.8 Å². The topological polar surface area (TPSA) is 42.5 Å². The lowest BCUT2D eigenvalue weighted by atomic mass is 9.96. The molecule has 2 fully saturated rings. The van der Waals surface area contributed by atoms with E-state index in [2.05, 4.69) is 10.6 Å². The Balaban J connectivity index is 1.50. The minimum atomic E-state index is 0.573. The Morgan fingerprint density at radius 3 is 2.64 bits per heavy atom. The Morgan fingerprint density at radius 1 is 1.18 bits per heavy atom.